The van der Waals surface area contributed by atoms with Gasteiger partial charge in [-0.05, 0) is 31.6 Å². The lowest BCUT2D eigenvalue weighted by Crippen LogP contribution is -2.53. The van der Waals surface area contributed by atoms with Crippen LogP contribution in [0.2, 0.25) is 0 Å². The van der Waals surface area contributed by atoms with Crippen molar-refractivity contribution >= 4 is 10.1 Å². The second-order valence-corrected chi connectivity index (χ2v) is 9.15. The maximum absolute atomic E-state index is 12.5. The molecule has 0 bridgehead atoms. The first kappa shape index (κ1) is 20.1. The van der Waals surface area contributed by atoms with Crippen molar-refractivity contribution in [2.24, 2.45) is 5.92 Å². The van der Waals surface area contributed by atoms with Crippen LogP contribution in [0.4, 0.5) is 0 Å². The summed E-state index contributed by atoms with van der Waals surface area (Å²) in [6.45, 7) is 5.70. The highest BCUT2D eigenvalue weighted by Gasteiger charge is 2.31. The molecule has 0 unspecified atom stereocenters. The van der Waals surface area contributed by atoms with Gasteiger partial charge in [0.25, 0.3) is 10.1 Å². The smallest absolute Gasteiger partial charge is 0.269 e. The van der Waals surface area contributed by atoms with Gasteiger partial charge in [0, 0.05) is 25.7 Å². The van der Waals surface area contributed by atoms with E-state index in [2.05, 4.69) is 24.3 Å². The molecule has 1 saturated heterocycles. The molecule has 2 rings (SSSR count). The first-order chi connectivity index (χ1) is 11.4. The van der Waals surface area contributed by atoms with Crippen LogP contribution < -0.4 is 5.43 Å². The highest BCUT2D eigenvalue weighted by Crippen LogP contribution is 2.23. The maximum Gasteiger partial charge on any atom is 0.269 e. The van der Waals surface area contributed by atoms with Gasteiger partial charge in [0.1, 0.15) is 0 Å². The van der Waals surface area contributed by atoms with E-state index in [1.165, 1.54) is 6.42 Å². The molecule has 142 valence electrons. The molecule has 1 aliphatic carbocycles. The number of methoxy groups -OCH3 is 1. The quantitative estimate of drug-likeness (QED) is 0.635. The molecular weight excluding hydrogens is 328 g/mol. The second-order valence-electron chi connectivity index (χ2n) is 7.50. The number of ether oxygens (including phenoxy) is 1. The van der Waals surface area contributed by atoms with Crippen LogP contribution in [0.3, 0.4) is 0 Å². The molecule has 7 heteroatoms. The summed E-state index contributed by atoms with van der Waals surface area (Å²) >= 11 is 0. The fourth-order valence-corrected chi connectivity index (χ4v) is 5.18. The largest absolute Gasteiger partial charge is 0.383 e. The van der Waals surface area contributed by atoms with Crippen molar-refractivity contribution < 1.29 is 17.3 Å². The second kappa shape index (κ2) is 9.48. The zero-order valence-corrected chi connectivity index (χ0v) is 16.2. The third kappa shape index (κ3) is 6.26. The average molecular weight is 363 g/mol. The molecule has 2 aliphatic rings. The molecular formula is C17H34N2O4S. The van der Waals surface area contributed by atoms with E-state index in [1.807, 2.05) is 0 Å². The Morgan fingerprint density at radius 1 is 1.12 bits per heavy atom. The molecule has 0 radical (unpaired) electrons. The van der Waals surface area contributed by atoms with Crippen molar-refractivity contribution in [1.29, 1.82) is 0 Å². The molecule has 1 saturated carbocycles. The Labute approximate surface area is 147 Å². The molecule has 0 aromatic carbocycles. The summed E-state index contributed by atoms with van der Waals surface area (Å²) in [5.74, 6) is 0.232. The van der Waals surface area contributed by atoms with Crippen molar-refractivity contribution in [3.8, 4) is 0 Å². The first-order valence-corrected chi connectivity index (χ1v) is 10.9. The summed E-state index contributed by atoms with van der Waals surface area (Å²) in [5.41, 5.74) is 3.44. The number of hydrogen-bond acceptors (Lipinski definition) is 6. The zero-order chi connectivity index (χ0) is 17.6. The monoisotopic (exact) mass is 362 g/mol. The number of hydrazine groups is 1. The molecule has 6 nitrogen and oxygen atoms in total. The van der Waals surface area contributed by atoms with E-state index >= 15 is 0 Å². The van der Waals surface area contributed by atoms with E-state index in [0.717, 1.165) is 45.1 Å². The van der Waals surface area contributed by atoms with Crippen LogP contribution in [-0.4, -0.2) is 57.6 Å². The highest BCUT2D eigenvalue weighted by atomic mass is 32.2. The van der Waals surface area contributed by atoms with Gasteiger partial charge in [0.15, 0.2) is 0 Å². The molecule has 2 atom stereocenters. The minimum Gasteiger partial charge on any atom is -0.383 e. The predicted molar refractivity (Wildman–Crippen MR) is 95.1 cm³/mol. The van der Waals surface area contributed by atoms with Gasteiger partial charge in [-0.25, -0.2) is 5.01 Å². The Bertz CT molecular complexity index is 463. The summed E-state index contributed by atoms with van der Waals surface area (Å²) in [7, 11) is -1.81. The van der Waals surface area contributed by atoms with Crippen molar-refractivity contribution in [3.63, 3.8) is 0 Å². The summed E-state index contributed by atoms with van der Waals surface area (Å²) < 4.78 is 35.7. The van der Waals surface area contributed by atoms with Crippen molar-refractivity contribution in [2.75, 3.05) is 26.0 Å². The number of nitrogens with zero attached hydrogens (tertiary/aromatic N) is 1. The van der Waals surface area contributed by atoms with Gasteiger partial charge in [-0.15, -0.1) is 0 Å². The van der Waals surface area contributed by atoms with Crippen LogP contribution in [0.1, 0.15) is 58.8 Å². The maximum atomic E-state index is 12.5. The van der Waals surface area contributed by atoms with E-state index in [0.29, 0.717) is 12.6 Å². The molecule has 0 amide bonds. The van der Waals surface area contributed by atoms with Gasteiger partial charge in [-0.3, -0.25) is 9.61 Å². The van der Waals surface area contributed by atoms with Crippen LogP contribution in [0.5, 0.6) is 0 Å². The van der Waals surface area contributed by atoms with Crippen molar-refractivity contribution in [3.05, 3.63) is 0 Å². The van der Waals surface area contributed by atoms with Gasteiger partial charge in [0.2, 0.25) is 0 Å². The van der Waals surface area contributed by atoms with E-state index < -0.39 is 10.1 Å². The van der Waals surface area contributed by atoms with Crippen LogP contribution in [0.15, 0.2) is 0 Å². The minimum atomic E-state index is -3.52. The summed E-state index contributed by atoms with van der Waals surface area (Å²) in [6.07, 6.45) is 7.11. The van der Waals surface area contributed by atoms with Gasteiger partial charge < -0.3 is 4.74 Å². The molecule has 1 heterocycles. The Balaban J connectivity index is 1.91. The van der Waals surface area contributed by atoms with Gasteiger partial charge in [0.05, 0.1) is 18.5 Å². The lowest BCUT2D eigenvalue weighted by Gasteiger charge is -2.32. The Morgan fingerprint density at radius 2 is 1.83 bits per heavy atom. The number of nitrogens with one attached hydrogen (secondary N) is 1. The third-order valence-electron chi connectivity index (χ3n) is 5.09. The molecule has 0 aromatic rings. The SMILES string of the molecule is COC[C@@H]1CCCN1N[C@@H](CS(=O)(=O)OC1CCCCC1)C(C)C. The lowest BCUT2D eigenvalue weighted by molar-refractivity contribution is 0.0662. The minimum absolute atomic E-state index is 0.0252. The number of rotatable bonds is 9. The fourth-order valence-electron chi connectivity index (χ4n) is 3.59. The first-order valence-electron chi connectivity index (χ1n) is 9.34. The van der Waals surface area contributed by atoms with Crippen LogP contribution >= 0.6 is 0 Å². The van der Waals surface area contributed by atoms with E-state index in [-0.39, 0.29) is 23.8 Å². The molecule has 0 aromatic heterocycles. The Hall–Kier alpha value is -0.210. The van der Waals surface area contributed by atoms with Gasteiger partial charge >= 0.3 is 0 Å². The number of hydrogen-bond donors (Lipinski definition) is 1. The van der Waals surface area contributed by atoms with E-state index in [1.54, 1.807) is 7.11 Å². The van der Waals surface area contributed by atoms with Crippen molar-refractivity contribution in [1.82, 2.24) is 10.4 Å². The van der Waals surface area contributed by atoms with E-state index in [9.17, 15) is 8.42 Å². The molecule has 0 spiro atoms. The predicted octanol–water partition coefficient (Wildman–Crippen LogP) is 2.31. The van der Waals surface area contributed by atoms with Gasteiger partial charge in [-0.1, -0.05) is 33.1 Å². The van der Waals surface area contributed by atoms with Crippen LogP contribution in [-0.2, 0) is 19.0 Å². The standard InChI is InChI=1S/C17H34N2O4S/c1-14(2)17(18-19-11-7-8-15(19)12-22-3)13-24(20,21)23-16-9-5-4-6-10-16/h14-18H,4-13H2,1-3H3/t15-,17-/m0/s1. The molecule has 1 aliphatic heterocycles. The molecule has 24 heavy (non-hydrogen) atoms. The third-order valence-corrected chi connectivity index (χ3v) is 6.42. The van der Waals surface area contributed by atoms with Gasteiger partial charge in [-0.2, -0.15) is 8.42 Å². The molecule has 2 fully saturated rings. The summed E-state index contributed by atoms with van der Waals surface area (Å²) in [5, 5.41) is 2.16. The van der Waals surface area contributed by atoms with Crippen LogP contribution in [0.25, 0.3) is 0 Å². The molecule has 1 N–H and O–H groups in total. The fraction of sp³-hybridized carbons (Fsp3) is 1.00. The lowest BCUT2D eigenvalue weighted by atomic mass is 9.98. The topological polar surface area (TPSA) is 67.9 Å². The van der Waals surface area contributed by atoms with Crippen LogP contribution in [0, 0.1) is 5.92 Å². The Morgan fingerprint density at radius 3 is 2.46 bits per heavy atom. The zero-order valence-electron chi connectivity index (χ0n) is 15.4. The van der Waals surface area contributed by atoms with Crippen molar-refractivity contribution in [2.45, 2.75) is 77.0 Å². The highest BCUT2D eigenvalue weighted by molar-refractivity contribution is 7.86. The average Bonchev–Trinajstić information content (AvgIpc) is 2.94. The van der Waals surface area contributed by atoms with E-state index in [4.69, 9.17) is 8.92 Å². The summed E-state index contributed by atoms with van der Waals surface area (Å²) in [4.78, 5) is 0. The Kier molecular flexibility index (Phi) is 7.94. The summed E-state index contributed by atoms with van der Waals surface area (Å²) in [6, 6.07) is 0.175. The normalized spacial score (nSPS) is 25.4.